The maximum atomic E-state index is 6.29. The van der Waals surface area contributed by atoms with Crippen LogP contribution < -0.4 is 5.73 Å². The number of hydrogen-bond acceptors (Lipinski definition) is 3. The number of nitrogens with two attached hydrogens (primary N) is 1. The van der Waals surface area contributed by atoms with E-state index in [0.717, 1.165) is 43.2 Å². The summed E-state index contributed by atoms with van der Waals surface area (Å²) in [6, 6.07) is 7.91. The Balaban J connectivity index is 1.88. The third-order valence-electron chi connectivity index (χ3n) is 4.46. The smallest absolute Gasteiger partial charge is 0.0453 e. The number of benzene rings is 1. The fourth-order valence-electron chi connectivity index (χ4n) is 2.78. The number of nitrogens with zero attached hydrogens (tertiary/aromatic N) is 2. The highest BCUT2D eigenvalue weighted by molar-refractivity contribution is 6.31. The van der Waals surface area contributed by atoms with E-state index in [1.165, 1.54) is 0 Å². The molecule has 3 nitrogen and oxygen atoms in total. The van der Waals surface area contributed by atoms with Crippen LogP contribution in [0, 0.1) is 0 Å². The molecule has 1 heterocycles. The van der Waals surface area contributed by atoms with Gasteiger partial charge in [0.25, 0.3) is 0 Å². The minimum Gasteiger partial charge on any atom is -0.324 e. The zero-order chi connectivity index (χ0) is 14.8. The van der Waals surface area contributed by atoms with Gasteiger partial charge in [-0.3, -0.25) is 4.90 Å². The first kappa shape index (κ1) is 15.8. The molecule has 1 aliphatic rings. The Hall–Kier alpha value is -0.610. The van der Waals surface area contributed by atoms with Crippen LogP contribution in [0.25, 0.3) is 0 Å². The summed E-state index contributed by atoms with van der Waals surface area (Å²) in [5.74, 6) is 0. The lowest BCUT2D eigenvalue weighted by molar-refractivity contribution is 0.0387. The van der Waals surface area contributed by atoms with Crippen LogP contribution in [0.2, 0.25) is 5.02 Å². The zero-order valence-corrected chi connectivity index (χ0v) is 13.5. The minimum atomic E-state index is 0.0199. The topological polar surface area (TPSA) is 32.5 Å². The molecule has 1 fully saturated rings. The fourth-order valence-corrected chi connectivity index (χ4v) is 3.06. The third kappa shape index (κ3) is 3.73. The molecular formula is C16H26ClN3. The van der Waals surface area contributed by atoms with Crippen molar-refractivity contribution in [1.82, 2.24) is 9.80 Å². The van der Waals surface area contributed by atoms with Gasteiger partial charge < -0.3 is 10.6 Å². The van der Waals surface area contributed by atoms with Gasteiger partial charge in [-0.15, -0.1) is 0 Å². The van der Waals surface area contributed by atoms with Gasteiger partial charge in [0.05, 0.1) is 0 Å². The van der Waals surface area contributed by atoms with E-state index in [1.807, 2.05) is 24.3 Å². The SMILES string of the molecule is CN1CCN(CCC(N)c2ccccc2Cl)CC1(C)C. The molecule has 0 saturated carbocycles. The third-order valence-corrected chi connectivity index (χ3v) is 4.80. The molecule has 0 aliphatic carbocycles. The molecule has 0 spiro atoms. The van der Waals surface area contributed by atoms with Crippen LogP contribution in [0.1, 0.15) is 31.9 Å². The zero-order valence-electron chi connectivity index (χ0n) is 12.8. The van der Waals surface area contributed by atoms with E-state index >= 15 is 0 Å². The first-order chi connectivity index (χ1) is 9.40. The number of rotatable bonds is 4. The summed E-state index contributed by atoms with van der Waals surface area (Å²) in [6.45, 7) is 8.96. The Morgan fingerprint density at radius 3 is 2.65 bits per heavy atom. The fraction of sp³-hybridized carbons (Fsp3) is 0.625. The first-order valence-corrected chi connectivity index (χ1v) is 7.71. The van der Waals surface area contributed by atoms with Gasteiger partial charge in [0.15, 0.2) is 0 Å². The van der Waals surface area contributed by atoms with Crippen LogP contribution in [0.5, 0.6) is 0 Å². The maximum Gasteiger partial charge on any atom is 0.0453 e. The molecule has 0 radical (unpaired) electrons. The van der Waals surface area contributed by atoms with Crippen LogP contribution in [0.3, 0.4) is 0 Å². The Morgan fingerprint density at radius 1 is 1.30 bits per heavy atom. The van der Waals surface area contributed by atoms with E-state index in [2.05, 4.69) is 30.7 Å². The van der Waals surface area contributed by atoms with E-state index < -0.39 is 0 Å². The lowest BCUT2D eigenvalue weighted by atomic mass is 9.98. The predicted molar refractivity (Wildman–Crippen MR) is 86.1 cm³/mol. The molecule has 4 heteroatoms. The molecule has 0 aromatic heterocycles. The van der Waals surface area contributed by atoms with E-state index in [9.17, 15) is 0 Å². The average Bonchev–Trinajstić information content (AvgIpc) is 2.40. The summed E-state index contributed by atoms with van der Waals surface area (Å²) in [6.07, 6.45) is 0.948. The number of piperazine rings is 1. The van der Waals surface area contributed by atoms with E-state index in [1.54, 1.807) is 0 Å². The quantitative estimate of drug-likeness (QED) is 0.927. The molecular weight excluding hydrogens is 270 g/mol. The van der Waals surface area contributed by atoms with Crippen LogP contribution in [-0.4, -0.2) is 48.6 Å². The van der Waals surface area contributed by atoms with Crippen molar-refractivity contribution in [2.45, 2.75) is 31.8 Å². The van der Waals surface area contributed by atoms with Gasteiger partial charge in [0, 0.05) is 42.8 Å². The van der Waals surface area contributed by atoms with Gasteiger partial charge in [0.1, 0.15) is 0 Å². The first-order valence-electron chi connectivity index (χ1n) is 7.34. The van der Waals surface area contributed by atoms with E-state index in [-0.39, 0.29) is 11.6 Å². The molecule has 0 amide bonds. The van der Waals surface area contributed by atoms with Crippen molar-refractivity contribution in [3.05, 3.63) is 34.9 Å². The van der Waals surface area contributed by atoms with Crippen molar-refractivity contribution in [1.29, 1.82) is 0 Å². The van der Waals surface area contributed by atoms with Crippen molar-refractivity contribution in [3.8, 4) is 0 Å². The van der Waals surface area contributed by atoms with Gasteiger partial charge >= 0.3 is 0 Å². The molecule has 2 rings (SSSR count). The Bertz CT molecular complexity index is 447. The normalized spacial score (nSPS) is 21.9. The lowest BCUT2D eigenvalue weighted by Crippen LogP contribution is -2.57. The predicted octanol–water partition coefficient (Wildman–Crippen LogP) is 2.76. The van der Waals surface area contributed by atoms with Gasteiger partial charge in [0.2, 0.25) is 0 Å². The monoisotopic (exact) mass is 295 g/mol. The summed E-state index contributed by atoms with van der Waals surface area (Å²) in [5, 5.41) is 0.777. The van der Waals surface area contributed by atoms with E-state index in [4.69, 9.17) is 17.3 Å². The highest BCUT2D eigenvalue weighted by Gasteiger charge is 2.30. The molecule has 20 heavy (non-hydrogen) atoms. The molecule has 112 valence electrons. The van der Waals surface area contributed by atoms with Crippen molar-refractivity contribution >= 4 is 11.6 Å². The summed E-state index contributed by atoms with van der Waals surface area (Å²) < 4.78 is 0. The Kier molecular flexibility index (Phi) is 5.08. The summed E-state index contributed by atoms with van der Waals surface area (Å²) >= 11 is 6.20. The second-order valence-electron chi connectivity index (χ2n) is 6.43. The maximum absolute atomic E-state index is 6.29. The van der Waals surface area contributed by atoms with Crippen molar-refractivity contribution in [2.24, 2.45) is 5.73 Å². The second-order valence-corrected chi connectivity index (χ2v) is 6.83. The largest absolute Gasteiger partial charge is 0.324 e. The summed E-state index contributed by atoms with van der Waals surface area (Å²) in [4.78, 5) is 4.94. The average molecular weight is 296 g/mol. The summed E-state index contributed by atoms with van der Waals surface area (Å²) in [5.41, 5.74) is 7.59. The number of hydrogen-bond donors (Lipinski definition) is 1. The van der Waals surface area contributed by atoms with Crippen molar-refractivity contribution in [3.63, 3.8) is 0 Å². The van der Waals surface area contributed by atoms with Crippen molar-refractivity contribution in [2.75, 3.05) is 33.2 Å². The van der Waals surface area contributed by atoms with Crippen molar-refractivity contribution < 1.29 is 0 Å². The van der Waals surface area contributed by atoms with Gasteiger partial charge in [-0.2, -0.15) is 0 Å². The highest BCUT2D eigenvalue weighted by atomic mass is 35.5. The Labute approximate surface area is 127 Å². The number of likely N-dealkylation sites (N-methyl/N-ethyl adjacent to an activating group) is 1. The Morgan fingerprint density at radius 2 is 2.00 bits per heavy atom. The molecule has 1 unspecified atom stereocenters. The molecule has 1 atom stereocenters. The van der Waals surface area contributed by atoms with Crippen LogP contribution in [0.15, 0.2) is 24.3 Å². The highest BCUT2D eigenvalue weighted by Crippen LogP contribution is 2.24. The van der Waals surface area contributed by atoms with Crippen LogP contribution >= 0.6 is 11.6 Å². The minimum absolute atomic E-state index is 0.0199. The van der Waals surface area contributed by atoms with Gasteiger partial charge in [-0.05, 0) is 38.9 Å². The van der Waals surface area contributed by atoms with Gasteiger partial charge in [-0.25, -0.2) is 0 Å². The second kappa shape index (κ2) is 6.44. The number of halogens is 1. The molecule has 1 aliphatic heterocycles. The van der Waals surface area contributed by atoms with Crippen LogP contribution in [-0.2, 0) is 0 Å². The molecule has 1 aromatic carbocycles. The molecule has 1 aromatic rings. The molecule has 0 bridgehead atoms. The van der Waals surface area contributed by atoms with Crippen LogP contribution in [0.4, 0.5) is 0 Å². The van der Waals surface area contributed by atoms with E-state index in [0.29, 0.717) is 0 Å². The van der Waals surface area contributed by atoms with Gasteiger partial charge in [-0.1, -0.05) is 29.8 Å². The molecule has 2 N–H and O–H groups in total. The standard InChI is InChI=1S/C16H26ClN3/c1-16(2)12-20(11-10-19(16)3)9-8-15(18)13-6-4-5-7-14(13)17/h4-7,15H,8-12,18H2,1-3H3. The molecule has 1 saturated heterocycles. The lowest BCUT2D eigenvalue weighted by Gasteiger charge is -2.45. The summed E-state index contributed by atoms with van der Waals surface area (Å²) in [7, 11) is 2.20.